The van der Waals surface area contributed by atoms with Gasteiger partial charge in [0.2, 0.25) is 0 Å². The van der Waals surface area contributed by atoms with Gasteiger partial charge in [-0.3, -0.25) is 4.79 Å². The number of nitrogens with one attached hydrogen (secondary N) is 1. The number of hydrogen-bond donors (Lipinski definition) is 1. The van der Waals surface area contributed by atoms with Crippen molar-refractivity contribution < 1.29 is 9.59 Å². The summed E-state index contributed by atoms with van der Waals surface area (Å²) in [6.45, 7) is 2.74. The Balaban J connectivity index is 1.91. The third-order valence-corrected chi connectivity index (χ3v) is 4.04. The largest absolute Gasteiger partial charge is 0.325 e. The summed E-state index contributed by atoms with van der Waals surface area (Å²) in [4.78, 5) is 24.8. The van der Waals surface area contributed by atoms with E-state index in [1.807, 2.05) is 0 Å². The van der Waals surface area contributed by atoms with Gasteiger partial charge in [-0.15, -0.1) is 0 Å². The van der Waals surface area contributed by atoms with Gasteiger partial charge in [-0.1, -0.05) is 35.0 Å². The van der Waals surface area contributed by atoms with Gasteiger partial charge in [0.15, 0.2) is 0 Å². The quantitative estimate of drug-likeness (QED) is 0.800. The molecule has 1 unspecified atom stereocenters. The van der Waals surface area contributed by atoms with Gasteiger partial charge in [0.1, 0.15) is 5.78 Å². The Morgan fingerprint density at radius 2 is 1.95 bits per heavy atom. The molecule has 0 saturated carbocycles. The zero-order valence-electron chi connectivity index (χ0n) is 12.2. The second kappa shape index (κ2) is 7.53. The number of amides is 2. The number of piperidine rings is 1. The number of benzene rings is 1. The Labute approximate surface area is 139 Å². The molecule has 0 aromatic heterocycles. The van der Waals surface area contributed by atoms with Crippen LogP contribution in [0.4, 0.5) is 4.79 Å². The SMILES string of the molecule is CC(C#Cc1ccc(Cl)c(Cl)c1)NC(=O)N1CCC(=O)CC1. The number of rotatable bonds is 1. The standard InChI is InChI=1S/C16H16Cl2N2O2/c1-11(2-3-12-4-5-14(17)15(18)10-12)19-16(22)20-8-6-13(21)7-9-20/h4-5,10-11H,6-9H2,1H3,(H,19,22). The summed E-state index contributed by atoms with van der Waals surface area (Å²) in [7, 11) is 0. The lowest BCUT2D eigenvalue weighted by Gasteiger charge is -2.26. The highest BCUT2D eigenvalue weighted by atomic mass is 35.5. The van der Waals surface area contributed by atoms with Crippen LogP contribution in [0.25, 0.3) is 0 Å². The maximum atomic E-state index is 12.0. The van der Waals surface area contributed by atoms with Crippen LogP contribution < -0.4 is 5.32 Å². The first-order chi connectivity index (χ1) is 10.5. The van der Waals surface area contributed by atoms with Crippen LogP contribution in [0.3, 0.4) is 0 Å². The van der Waals surface area contributed by atoms with E-state index < -0.39 is 0 Å². The number of Topliss-reactive ketones (excluding diaryl/α,β-unsaturated/α-hetero) is 1. The molecule has 1 aliphatic rings. The van der Waals surface area contributed by atoms with Crippen molar-refractivity contribution in [2.24, 2.45) is 0 Å². The number of ketones is 1. The predicted octanol–water partition coefficient (Wildman–Crippen LogP) is 3.11. The van der Waals surface area contributed by atoms with Gasteiger partial charge >= 0.3 is 6.03 Å². The Morgan fingerprint density at radius 3 is 2.59 bits per heavy atom. The van der Waals surface area contributed by atoms with Crippen LogP contribution in [-0.4, -0.2) is 35.8 Å². The van der Waals surface area contributed by atoms with E-state index in [9.17, 15) is 9.59 Å². The summed E-state index contributed by atoms with van der Waals surface area (Å²) in [5.41, 5.74) is 0.735. The monoisotopic (exact) mass is 338 g/mol. The van der Waals surface area contributed by atoms with Crippen molar-refractivity contribution in [2.45, 2.75) is 25.8 Å². The molecule has 0 radical (unpaired) electrons. The maximum absolute atomic E-state index is 12.0. The highest BCUT2D eigenvalue weighted by molar-refractivity contribution is 6.42. The van der Waals surface area contributed by atoms with Crippen LogP contribution in [0.5, 0.6) is 0 Å². The van der Waals surface area contributed by atoms with Crippen LogP contribution in [0.15, 0.2) is 18.2 Å². The molecule has 1 atom stereocenters. The minimum atomic E-state index is -0.306. The van der Waals surface area contributed by atoms with Crippen LogP contribution in [0, 0.1) is 11.8 Å². The number of likely N-dealkylation sites (tertiary alicyclic amines) is 1. The number of nitrogens with zero attached hydrogens (tertiary/aromatic N) is 1. The zero-order valence-corrected chi connectivity index (χ0v) is 13.7. The van der Waals surface area contributed by atoms with Gasteiger partial charge in [-0.25, -0.2) is 4.79 Å². The van der Waals surface area contributed by atoms with E-state index in [1.54, 1.807) is 30.0 Å². The van der Waals surface area contributed by atoms with Crippen molar-refractivity contribution in [2.75, 3.05) is 13.1 Å². The molecule has 1 aliphatic heterocycles. The van der Waals surface area contributed by atoms with Crippen LogP contribution in [0.1, 0.15) is 25.3 Å². The third-order valence-electron chi connectivity index (χ3n) is 3.30. The lowest BCUT2D eigenvalue weighted by molar-refractivity contribution is -0.120. The molecule has 1 aromatic rings. The second-order valence-corrected chi connectivity index (χ2v) is 5.91. The smallest absolute Gasteiger partial charge is 0.318 e. The maximum Gasteiger partial charge on any atom is 0.318 e. The molecule has 6 heteroatoms. The average Bonchev–Trinajstić information content (AvgIpc) is 2.49. The highest BCUT2D eigenvalue weighted by Gasteiger charge is 2.21. The third kappa shape index (κ3) is 4.66. The van der Waals surface area contributed by atoms with Crippen LogP contribution >= 0.6 is 23.2 Å². The van der Waals surface area contributed by atoms with Crippen LogP contribution in [0.2, 0.25) is 10.0 Å². The lowest BCUT2D eigenvalue weighted by atomic mass is 10.1. The minimum absolute atomic E-state index is 0.191. The van der Waals surface area contributed by atoms with Crippen LogP contribution in [-0.2, 0) is 4.79 Å². The number of carbonyl (C=O) groups is 2. The zero-order chi connectivity index (χ0) is 16.1. The fraction of sp³-hybridized carbons (Fsp3) is 0.375. The molecule has 116 valence electrons. The first-order valence-electron chi connectivity index (χ1n) is 6.99. The first-order valence-corrected chi connectivity index (χ1v) is 7.75. The molecule has 4 nitrogen and oxygen atoms in total. The molecule has 1 heterocycles. The number of carbonyl (C=O) groups excluding carboxylic acids is 2. The summed E-state index contributed by atoms with van der Waals surface area (Å²) in [6, 6.07) is 4.64. The Bertz CT molecular complexity index is 639. The molecule has 2 amide bonds. The van der Waals surface area contributed by atoms with Gasteiger partial charge in [0.25, 0.3) is 0 Å². The van der Waals surface area contributed by atoms with Crippen molar-refractivity contribution >= 4 is 35.0 Å². The minimum Gasteiger partial charge on any atom is -0.325 e. The Hall–Kier alpha value is -1.70. The molecule has 0 bridgehead atoms. The summed E-state index contributed by atoms with van der Waals surface area (Å²) >= 11 is 11.8. The van der Waals surface area contributed by atoms with Gasteiger partial charge < -0.3 is 10.2 Å². The Morgan fingerprint density at radius 1 is 1.27 bits per heavy atom. The van der Waals surface area contributed by atoms with Crippen molar-refractivity contribution in [1.29, 1.82) is 0 Å². The predicted molar refractivity (Wildman–Crippen MR) is 87.1 cm³/mol. The number of halogens is 2. The fourth-order valence-electron chi connectivity index (χ4n) is 2.04. The van der Waals surface area contributed by atoms with E-state index in [-0.39, 0.29) is 17.9 Å². The van der Waals surface area contributed by atoms with E-state index in [0.29, 0.717) is 36.0 Å². The normalized spacial score (nSPS) is 15.8. The molecule has 1 N–H and O–H groups in total. The number of urea groups is 1. The molecule has 0 aliphatic carbocycles. The number of hydrogen-bond acceptors (Lipinski definition) is 2. The molecule has 1 aromatic carbocycles. The summed E-state index contributed by atoms with van der Waals surface area (Å²) < 4.78 is 0. The average molecular weight is 339 g/mol. The van der Waals surface area contributed by atoms with Gasteiger partial charge in [-0.2, -0.15) is 0 Å². The van der Waals surface area contributed by atoms with E-state index in [2.05, 4.69) is 17.2 Å². The van der Waals surface area contributed by atoms with Crippen molar-refractivity contribution in [1.82, 2.24) is 10.2 Å². The molecule has 22 heavy (non-hydrogen) atoms. The molecular weight excluding hydrogens is 323 g/mol. The fourth-order valence-corrected chi connectivity index (χ4v) is 2.34. The van der Waals surface area contributed by atoms with Gasteiger partial charge in [0.05, 0.1) is 16.1 Å². The second-order valence-electron chi connectivity index (χ2n) is 5.10. The summed E-state index contributed by atoms with van der Waals surface area (Å²) in [5.74, 6) is 6.10. The topological polar surface area (TPSA) is 49.4 Å². The first kappa shape index (κ1) is 16.7. The van der Waals surface area contributed by atoms with E-state index in [1.165, 1.54) is 0 Å². The van der Waals surface area contributed by atoms with E-state index >= 15 is 0 Å². The molecule has 0 spiro atoms. The highest BCUT2D eigenvalue weighted by Crippen LogP contribution is 2.22. The molecule has 2 rings (SSSR count). The molecule has 1 fully saturated rings. The van der Waals surface area contributed by atoms with Gasteiger partial charge in [0, 0.05) is 31.5 Å². The molecule has 1 saturated heterocycles. The van der Waals surface area contributed by atoms with E-state index in [4.69, 9.17) is 23.2 Å². The van der Waals surface area contributed by atoms with Crippen molar-refractivity contribution in [3.05, 3.63) is 33.8 Å². The lowest BCUT2D eigenvalue weighted by Crippen LogP contribution is -2.47. The molecular formula is C16H16Cl2N2O2. The van der Waals surface area contributed by atoms with Crippen molar-refractivity contribution in [3.8, 4) is 11.8 Å². The van der Waals surface area contributed by atoms with Gasteiger partial charge in [-0.05, 0) is 25.1 Å². The summed E-state index contributed by atoms with van der Waals surface area (Å²) in [5, 5.41) is 3.73. The summed E-state index contributed by atoms with van der Waals surface area (Å²) in [6.07, 6.45) is 0.855. The van der Waals surface area contributed by atoms with Crippen molar-refractivity contribution in [3.63, 3.8) is 0 Å². The Kier molecular flexibility index (Phi) is 5.70. The van der Waals surface area contributed by atoms with E-state index in [0.717, 1.165) is 5.56 Å².